The Morgan fingerprint density at radius 1 is 1.25 bits per heavy atom. The molecule has 1 aromatic carbocycles. The van der Waals surface area contributed by atoms with Gasteiger partial charge in [-0.25, -0.2) is 8.42 Å². The summed E-state index contributed by atoms with van der Waals surface area (Å²) in [5.41, 5.74) is 0.494. The Balaban J connectivity index is 1.77. The maximum absolute atomic E-state index is 12.6. The third-order valence-corrected chi connectivity index (χ3v) is 7.30. The average Bonchev–Trinajstić information content (AvgIpc) is 2.61. The molecule has 1 saturated heterocycles. The molecule has 0 bridgehead atoms. The topological polar surface area (TPSA) is 79.4 Å². The van der Waals surface area contributed by atoms with E-state index >= 15 is 0 Å². The van der Waals surface area contributed by atoms with E-state index in [-0.39, 0.29) is 36.3 Å². The molecular weight excluding hydrogens is 421 g/mol. The number of hydrogen-bond acceptors (Lipinski definition) is 4. The second-order valence-corrected chi connectivity index (χ2v) is 9.82. The molecule has 0 unspecified atom stereocenters. The SMILES string of the molecule is CCCS(=O)(=O)N1CC(CNC(=O)c2ccc(Cl)cc2Cl)(c2ccccn2)C1. The van der Waals surface area contributed by atoms with Crippen LogP contribution in [-0.4, -0.2) is 49.0 Å². The number of carbonyl (C=O) groups excluding carboxylic acids is 1. The molecule has 0 radical (unpaired) electrons. The number of sulfonamides is 1. The number of pyridine rings is 1. The van der Waals surface area contributed by atoms with E-state index in [1.165, 1.54) is 10.4 Å². The smallest absolute Gasteiger partial charge is 0.252 e. The highest BCUT2D eigenvalue weighted by molar-refractivity contribution is 7.89. The van der Waals surface area contributed by atoms with Gasteiger partial charge in [-0.1, -0.05) is 36.2 Å². The third kappa shape index (κ3) is 4.33. The molecule has 1 aliphatic rings. The first-order valence-electron chi connectivity index (χ1n) is 8.90. The lowest BCUT2D eigenvalue weighted by molar-refractivity contribution is 0.0900. The molecule has 1 fully saturated rings. The molecule has 0 spiro atoms. The van der Waals surface area contributed by atoms with Crippen molar-refractivity contribution in [2.24, 2.45) is 0 Å². The zero-order valence-corrected chi connectivity index (χ0v) is 17.7. The number of carbonyl (C=O) groups is 1. The second-order valence-electron chi connectivity index (χ2n) is 6.89. The van der Waals surface area contributed by atoms with Crippen molar-refractivity contribution in [3.05, 3.63) is 63.9 Å². The predicted molar refractivity (Wildman–Crippen MR) is 110 cm³/mol. The van der Waals surface area contributed by atoms with Crippen molar-refractivity contribution in [3.63, 3.8) is 0 Å². The summed E-state index contributed by atoms with van der Waals surface area (Å²) >= 11 is 12.0. The molecule has 1 amide bonds. The summed E-state index contributed by atoms with van der Waals surface area (Å²) in [4.78, 5) is 17.0. The highest BCUT2D eigenvalue weighted by Crippen LogP contribution is 2.35. The van der Waals surface area contributed by atoms with Crippen LogP contribution in [0.4, 0.5) is 0 Å². The molecule has 0 saturated carbocycles. The lowest BCUT2D eigenvalue weighted by atomic mass is 9.78. The van der Waals surface area contributed by atoms with E-state index in [9.17, 15) is 13.2 Å². The van der Waals surface area contributed by atoms with Gasteiger partial charge in [-0.2, -0.15) is 4.31 Å². The largest absolute Gasteiger partial charge is 0.351 e. The van der Waals surface area contributed by atoms with Gasteiger partial charge in [0.1, 0.15) is 0 Å². The summed E-state index contributed by atoms with van der Waals surface area (Å²) in [6.45, 7) is 2.64. The minimum atomic E-state index is -3.30. The van der Waals surface area contributed by atoms with Crippen LogP contribution in [0.15, 0.2) is 42.6 Å². The summed E-state index contributed by atoms with van der Waals surface area (Å²) in [7, 11) is -3.30. The normalized spacial score (nSPS) is 16.4. The van der Waals surface area contributed by atoms with Gasteiger partial charge >= 0.3 is 0 Å². The highest BCUT2D eigenvalue weighted by Gasteiger charge is 2.50. The Morgan fingerprint density at radius 2 is 2.00 bits per heavy atom. The van der Waals surface area contributed by atoms with E-state index in [1.54, 1.807) is 24.4 Å². The zero-order chi connectivity index (χ0) is 20.4. The first-order chi connectivity index (χ1) is 13.3. The number of amides is 1. The fraction of sp³-hybridized carbons (Fsp3) is 0.368. The van der Waals surface area contributed by atoms with Crippen LogP contribution in [0.25, 0.3) is 0 Å². The van der Waals surface area contributed by atoms with E-state index in [4.69, 9.17) is 23.2 Å². The Hall–Kier alpha value is -1.67. The quantitative estimate of drug-likeness (QED) is 0.715. The van der Waals surface area contributed by atoms with Crippen LogP contribution in [-0.2, 0) is 15.4 Å². The monoisotopic (exact) mass is 441 g/mol. The van der Waals surface area contributed by atoms with Gasteiger partial charge in [0.05, 0.1) is 27.4 Å². The second kappa shape index (κ2) is 8.37. The van der Waals surface area contributed by atoms with Gasteiger partial charge in [-0.05, 0) is 36.8 Å². The number of nitrogens with zero attached hydrogens (tertiary/aromatic N) is 2. The molecule has 28 heavy (non-hydrogen) atoms. The Kier molecular flexibility index (Phi) is 6.29. The maximum Gasteiger partial charge on any atom is 0.252 e. The van der Waals surface area contributed by atoms with Crippen molar-refractivity contribution < 1.29 is 13.2 Å². The molecule has 3 rings (SSSR count). The molecule has 9 heteroatoms. The van der Waals surface area contributed by atoms with Crippen molar-refractivity contribution >= 4 is 39.1 Å². The predicted octanol–water partition coefficient (Wildman–Crippen LogP) is 3.11. The fourth-order valence-corrected chi connectivity index (χ4v) is 5.43. The van der Waals surface area contributed by atoms with Gasteiger partial charge in [-0.15, -0.1) is 0 Å². The summed E-state index contributed by atoms with van der Waals surface area (Å²) in [5.74, 6) is -0.232. The fourth-order valence-electron chi connectivity index (χ4n) is 3.27. The Labute approximate surface area is 174 Å². The third-order valence-electron chi connectivity index (χ3n) is 4.78. The molecule has 2 aromatic rings. The first kappa shape index (κ1) is 21.0. The van der Waals surface area contributed by atoms with Crippen LogP contribution < -0.4 is 5.32 Å². The number of nitrogens with one attached hydrogen (secondary N) is 1. The van der Waals surface area contributed by atoms with Crippen molar-refractivity contribution in [2.75, 3.05) is 25.4 Å². The van der Waals surface area contributed by atoms with Crippen molar-refractivity contribution in [3.8, 4) is 0 Å². The van der Waals surface area contributed by atoms with Crippen molar-refractivity contribution in [1.29, 1.82) is 0 Å². The van der Waals surface area contributed by atoms with Crippen molar-refractivity contribution in [2.45, 2.75) is 18.8 Å². The summed E-state index contributed by atoms with van der Waals surface area (Å²) in [6, 6.07) is 10.2. The van der Waals surface area contributed by atoms with Crippen LogP contribution >= 0.6 is 23.2 Å². The van der Waals surface area contributed by atoms with Crippen LogP contribution in [0.5, 0.6) is 0 Å². The van der Waals surface area contributed by atoms with E-state index in [1.807, 2.05) is 19.1 Å². The van der Waals surface area contributed by atoms with Crippen LogP contribution in [0.1, 0.15) is 29.4 Å². The number of rotatable bonds is 7. The van der Waals surface area contributed by atoms with Gasteiger partial charge < -0.3 is 5.32 Å². The summed E-state index contributed by atoms with van der Waals surface area (Å²) < 4.78 is 26.2. The lowest BCUT2D eigenvalue weighted by Gasteiger charge is -2.48. The van der Waals surface area contributed by atoms with Gasteiger partial charge in [0, 0.05) is 30.9 Å². The Morgan fingerprint density at radius 3 is 2.61 bits per heavy atom. The minimum Gasteiger partial charge on any atom is -0.351 e. The van der Waals surface area contributed by atoms with E-state index in [0.29, 0.717) is 17.0 Å². The average molecular weight is 442 g/mol. The van der Waals surface area contributed by atoms with Crippen molar-refractivity contribution in [1.82, 2.24) is 14.6 Å². The van der Waals surface area contributed by atoms with Crippen LogP contribution in [0.2, 0.25) is 10.0 Å². The Bertz CT molecular complexity index is 962. The van der Waals surface area contributed by atoms with Crippen LogP contribution in [0.3, 0.4) is 0 Å². The lowest BCUT2D eigenvalue weighted by Crippen LogP contribution is -2.65. The van der Waals surface area contributed by atoms with Gasteiger partial charge in [0.25, 0.3) is 5.91 Å². The van der Waals surface area contributed by atoms with E-state index in [0.717, 1.165) is 5.69 Å². The highest BCUT2D eigenvalue weighted by atomic mass is 35.5. The molecule has 1 N–H and O–H groups in total. The van der Waals surface area contributed by atoms with Gasteiger partial charge in [0.2, 0.25) is 10.0 Å². The van der Waals surface area contributed by atoms with E-state index in [2.05, 4.69) is 10.3 Å². The first-order valence-corrected chi connectivity index (χ1v) is 11.3. The number of aromatic nitrogens is 1. The molecule has 1 aliphatic heterocycles. The van der Waals surface area contributed by atoms with Gasteiger partial charge in [0.15, 0.2) is 0 Å². The number of benzene rings is 1. The minimum absolute atomic E-state index is 0.109. The number of halogens is 2. The molecule has 2 heterocycles. The summed E-state index contributed by atoms with van der Waals surface area (Å²) in [5, 5.41) is 3.58. The molecular formula is C19H21Cl2N3O3S. The molecule has 1 aromatic heterocycles. The van der Waals surface area contributed by atoms with Gasteiger partial charge in [-0.3, -0.25) is 9.78 Å². The van der Waals surface area contributed by atoms with Crippen LogP contribution in [0, 0.1) is 0 Å². The molecule has 150 valence electrons. The maximum atomic E-state index is 12.6. The van der Waals surface area contributed by atoms with E-state index < -0.39 is 15.4 Å². The molecule has 0 atom stereocenters. The summed E-state index contributed by atoms with van der Waals surface area (Å²) in [6.07, 6.45) is 2.22. The number of hydrogen-bond donors (Lipinski definition) is 1. The molecule has 0 aliphatic carbocycles. The molecule has 6 nitrogen and oxygen atoms in total. The zero-order valence-electron chi connectivity index (χ0n) is 15.4. The standard InChI is InChI=1S/C19H21Cl2N3O3S/c1-2-9-28(26,27)24-12-19(13-24,17-5-3-4-8-22-17)11-23-18(25)15-7-6-14(20)10-16(15)21/h3-8,10H,2,9,11-13H2,1H3,(H,23,25).